The van der Waals surface area contributed by atoms with Crippen molar-refractivity contribution in [1.29, 1.82) is 0 Å². The number of rotatable bonds is 4. The summed E-state index contributed by atoms with van der Waals surface area (Å²) in [5, 5.41) is 4.04. The minimum atomic E-state index is -0.571. The van der Waals surface area contributed by atoms with E-state index in [9.17, 15) is 9.59 Å². The average Bonchev–Trinajstić information content (AvgIpc) is 2.89. The van der Waals surface area contributed by atoms with Gasteiger partial charge in [0.15, 0.2) is 0 Å². The van der Waals surface area contributed by atoms with Gasteiger partial charge >= 0.3 is 0 Å². The van der Waals surface area contributed by atoms with Gasteiger partial charge in [-0.05, 0) is 23.8 Å². The van der Waals surface area contributed by atoms with Gasteiger partial charge in [-0.15, -0.1) is 0 Å². The van der Waals surface area contributed by atoms with Crippen LogP contribution in [0.15, 0.2) is 34.9 Å². The molecule has 0 aliphatic heterocycles. The highest BCUT2D eigenvalue weighted by molar-refractivity contribution is 9.10. The van der Waals surface area contributed by atoms with Gasteiger partial charge in [0, 0.05) is 16.2 Å². The monoisotopic (exact) mass is 337 g/mol. The van der Waals surface area contributed by atoms with Gasteiger partial charge in [-0.3, -0.25) is 19.7 Å². The highest BCUT2D eigenvalue weighted by Crippen LogP contribution is 2.19. The van der Waals surface area contributed by atoms with Crippen molar-refractivity contribution < 1.29 is 9.59 Å². The molecule has 0 fully saturated rings. The number of amides is 2. The van der Waals surface area contributed by atoms with Crippen molar-refractivity contribution in [1.82, 2.24) is 15.2 Å². The third kappa shape index (κ3) is 3.03. The third-order valence-corrected chi connectivity index (χ3v) is 3.41. The first-order valence-corrected chi connectivity index (χ1v) is 6.43. The summed E-state index contributed by atoms with van der Waals surface area (Å²) in [6, 6.07) is 6.64. The van der Waals surface area contributed by atoms with E-state index < -0.39 is 5.91 Å². The summed E-state index contributed by atoms with van der Waals surface area (Å²) < 4.78 is 2.33. The lowest BCUT2D eigenvalue weighted by Crippen LogP contribution is -2.29. The molecule has 1 aromatic carbocycles. The Labute approximate surface area is 123 Å². The molecular formula is C12H12BrN5O2. The first kappa shape index (κ1) is 14.2. The van der Waals surface area contributed by atoms with Crippen LogP contribution in [0.1, 0.15) is 26.4 Å². The highest BCUT2D eigenvalue weighted by Gasteiger charge is 2.09. The van der Waals surface area contributed by atoms with Crippen LogP contribution in [0.4, 0.5) is 0 Å². The van der Waals surface area contributed by atoms with E-state index in [1.54, 1.807) is 35.1 Å². The van der Waals surface area contributed by atoms with Gasteiger partial charge < -0.3 is 5.73 Å². The maximum Gasteiger partial charge on any atom is 0.269 e. The Balaban J connectivity index is 2.21. The van der Waals surface area contributed by atoms with Gasteiger partial charge in [-0.2, -0.15) is 5.10 Å². The molecule has 8 heteroatoms. The van der Waals surface area contributed by atoms with Crippen LogP contribution in [-0.2, 0) is 6.54 Å². The van der Waals surface area contributed by atoms with Gasteiger partial charge in [0.1, 0.15) is 5.69 Å². The first-order valence-electron chi connectivity index (χ1n) is 5.64. The molecular weight excluding hydrogens is 326 g/mol. The number of aromatic nitrogens is 2. The lowest BCUT2D eigenvalue weighted by atomic mass is 10.1. The van der Waals surface area contributed by atoms with Crippen LogP contribution in [0, 0.1) is 0 Å². The van der Waals surface area contributed by atoms with E-state index in [0.717, 1.165) is 10.0 Å². The number of nitrogens with two attached hydrogens (primary N) is 2. The molecule has 0 aliphatic rings. The van der Waals surface area contributed by atoms with Crippen molar-refractivity contribution in [3.63, 3.8) is 0 Å². The molecule has 1 heterocycles. The zero-order valence-corrected chi connectivity index (χ0v) is 11.9. The number of hydrogen-bond donors (Lipinski definition) is 3. The summed E-state index contributed by atoms with van der Waals surface area (Å²) >= 11 is 3.38. The molecule has 1 aromatic heterocycles. The van der Waals surface area contributed by atoms with Crippen LogP contribution in [0.25, 0.3) is 0 Å². The van der Waals surface area contributed by atoms with Gasteiger partial charge in [-0.1, -0.05) is 22.0 Å². The zero-order valence-electron chi connectivity index (χ0n) is 10.3. The Hall–Kier alpha value is -2.19. The van der Waals surface area contributed by atoms with Crippen molar-refractivity contribution in [3.05, 3.63) is 51.8 Å². The van der Waals surface area contributed by atoms with Crippen molar-refractivity contribution >= 4 is 27.7 Å². The molecule has 0 saturated heterocycles. The molecule has 5 N–H and O–H groups in total. The summed E-state index contributed by atoms with van der Waals surface area (Å²) in [4.78, 5) is 22.4. The summed E-state index contributed by atoms with van der Waals surface area (Å²) in [7, 11) is 0. The van der Waals surface area contributed by atoms with E-state index in [4.69, 9.17) is 11.6 Å². The number of carbonyl (C=O) groups is 2. The number of primary amides is 1. The van der Waals surface area contributed by atoms with E-state index in [1.165, 1.54) is 0 Å². The standard InChI is InChI=1S/C12H12BrN5O2/c13-9-5-7(12(20)16-15)1-2-8(9)6-18-4-3-10(17-18)11(14)19/h1-5H,6,15H2,(H2,14,19)(H,16,20). The van der Waals surface area contributed by atoms with E-state index in [0.29, 0.717) is 12.1 Å². The smallest absolute Gasteiger partial charge is 0.269 e. The Kier molecular flexibility index (Phi) is 4.16. The molecule has 7 nitrogen and oxygen atoms in total. The topological polar surface area (TPSA) is 116 Å². The fraction of sp³-hybridized carbons (Fsp3) is 0.0833. The molecule has 2 rings (SSSR count). The summed E-state index contributed by atoms with van der Waals surface area (Å²) in [5.74, 6) is 4.13. The fourth-order valence-corrected chi connectivity index (χ4v) is 2.16. The number of nitrogen functional groups attached to an aromatic ring is 1. The number of hydrazine groups is 1. The predicted octanol–water partition coefficient (Wildman–Crippen LogP) is 0.396. The second-order valence-corrected chi connectivity index (χ2v) is 4.90. The van der Waals surface area contributed by atoms with Crippen molar-refractivity contribution in [2.24, 2.45) is 11.6 Å². The molecule has 2 amide bonds. The summed E-state index contributed by atoms with van der Waals surface area (Å²) in [5.41, 5.74) is 8.76. The molecule has 104 valence electrons. The van der Waals surface area contributed by atoms with Crippen LogP contribution < -0.4 is 17.0 Å². The van der Waals surface area contributed by atoms with Gasteiger partial charge in [-0.25, -0.2) is 5.84 Å². The second-order valence-electron chi connectivity index (χ2n) is 4.04. The lowest BCUT2D eigenvalue weighted by Gasteiger charge is -2.07. The molecule has 0 unspecified atom stereocenters. The maximum atomic E-state index is 11.4. The number of carbonyl (C=O) groups excluding carboxylic acids is 2. The zero-order chi connectivity index (χ0) is 14.7. The maximum absolute atomic E-state index is 11.4. The van der Waals surface area contributed by atoms with Crippen molar-refractivity contribution in [2.45, 2.75) is 6.54 Å². The average molecular weight is 338 g/mol. The lowest BCUT2D eigenvalue weighted by molar-refractivity contribution is 0.0952. The first-order chi connectivity index (χ1) is 9.51. The highest BCUT2D eigenvalue weighted by atomic mass is 79.9. The van der Waals surface area contributed by atoms with Crippen molar-refractivity contribution in [2.75, 3.05) is 0 Å². The van der Waals surface area contributed by atoms with E-state index in [2.05, 4.69) is 26.5 Å². The van der Waals surface area contributed by atoms with E-state index in [-0.39, 0.29) is 11.6 Å². The van der Waals surface area contributed by atoms with Crippen LogP contribution >= 0.6 is 15.9 Å². The fourth-order valence-electron chi connectivity index (χ4n) is 1.66. The Morgan fingerprint density at radius 3 is 2.65 bits per heavy atom. The molecule has 0 aliphatic carbocycles. The summed E-state index contributed by atoms with van der Waals surface area (Å²) in [6.07, 6.45) is 1.66. The van der Waals surface area contributed by atoms with Crippen LogP contribution in [0.2, 0.25) is 0 Å². The predicted molar refractivity (Wildman–Crippen MR) is 75.6 cm³/mol. The van der Waals surface area contributed by atoms with Gasteiger partial charge in [0.25, 0.3) is 11.8 Å². The molecule has 0 atom stereocenters. The van der Waals surface area contributed by atoms with Crippen LogP contribution in [0.5, 0.6) is 0 Å². The van der Waals surface area contributed by atoms with Gasteiger partial charge in [0.05, 0.1) is 6.54 Å². The number of nitrogens with zero attached hydrogens (tertiary/aromatic N) is 2. The number of halogens is 1. The van der Waals surface area contributed by atoms with Crippen LogP contribution in [0.3, 0.4) is 0 Å². The molecule has 0 saturated carbocycles. The SMILES string of the molecule is NNC(=O)c1ccc(Cn2ccc(C(N)=O)n2)c(Br)c1. The minimum absolute atomic E-state index is 0.209. The van der Waals surface area contributed by atoms with Gasteiger partial charge in [0.2, 0.25) is 0 Å². The molecule has 0 bridgehead atoms. The van der Waals surface area contributed by atoms with Crippen LogP contribution in [-0.4, -0.2) is 21.6 Å². The Bertz CT molecular complexity index is 668. The van der Waals surface area contributed by atoms with E-state index in [1.807, 2.05) is 0 Å². The number of benzene rings is 1. The van der Waals surface area contributed by atoms with E-state index >= 15 is 0 Å². The number of nitrogens with one attached hydrogen (secondary N) is 1. The largest absolute Gasteiger partial charge is 0.364 e. The molecule has 20 heavy (non-hydrogen) atoms. The minimum Gasteiger partial charge on any atom is -0.364 e. The van der Waals surface area contributed by atoms with Crippen molar-refractivity contribution in [3.8, 4) is 0 Å². The second kappa shape index (κ2) is 5.85. The Morgan fingerprint density at radius 2 is 2.10 bits per heavy atom. The Morgan fingerprint density at radius 1 is 1.35 bits per heavy atom. The molecule has 0 spiro atoms. The quantitative estimate of drug-likeness (QED) is 0.425. The molecule has 0 radical (unpaired) electrons. The summed E-state index contributed by atoms with van der Waals surface area (Å²) in [6.45, 7) is 0.443. The normalized spacial score (nSPS) is 10.3. The third-order valence-electron chi connectivity index (χ3n) is 2.67. The molecule has 2 aromatic rings. The number of hydrogen-bond acceptors (Lipinski definition) is 4.